The molecule has 1 aliphatic heterocycles. The standard InChI is InChI=1S/C18H18N10S/c1-3-19-4-2-12(1)27-9-11(6-22-27)15-7-20-17-18(23-15)28(26-25-17)10-13-5-14-16(29-13)8-21-24-14/h5-9,12,19H,1-4,10H2,(H,21,24). The lowest BCUT2D eigenvalue weighted by molar-refractivity contribution is 0.343. The van der Waals surface area contributed by atoms with Gasteiger partial charge in [-0.05, 0) is 32.0 Å². The summed E-state index contributed by atoms with van der Waals surface area (Å²) < 4.78 is 4.97. The number of nitrogens with zero attached hydrogens (tertiary/aromatic N) is 8. The Hall–Kier alpha value is -3.18. The highest BCUT2D eigenvalue weighted by atomic mass is 32.1. The molecular formula is C18H18N10S. The fourth-order valence-corrected chi connectivity index (χ4v) is 4.74. The van der Waals surface area contributed by atoms with Crippen LogP contribution in [0.2, 0.25) is 0 Å². The molecule has 1 aliphatic rings. The molecule has 146 valence electrons. The van der Waals surface area contributed by atoms with E-state index < -0.39 is 0 Å². The second kappa shape index (κ2) is 6.71. The van der Waals surface area contributed by atoms with Gasteiger partial charge in [0.2, 0.25) is 5.65 Å². The van der Waals surface area contributed by atoms with Crippen molar-refractivity contribution in [1.82, 2.24) is 50.3 Å². The predicted molar refractivity (Wildman–Crippen MR) is 109 cm³/mol. The molecule has 11 heteroatoms. The highest BCUT2D eigenvalue weighted by Crippen LogP contribution is 2.26. The molecule has 6 heterocycles. The van der Waals surface area contributed by atoms with Gasteiger partial charge in [-0.2, -0.15) is 10.2 Å². The molecule has 0 bridgehead atoms. The summed E-state index contributed by atoms with van der Waals surface area (Å²) in [4.78, 5) is 10.4. The van der Waals surface area contributed by atoms with Gasteiger partial charge in [0.05, 0.1) is 47.1 Å². The summed E-state index contributed by atoms with van der Waals surface area (Å²) in [7, 11) is 0. The SMILES string of the molecule is c1nn(C2CCNCC2)cc1-c1cnc2nnn(Cc3cc4[nH]ncc4s3)c2n1. The van der Waals surface area contributed by atoms with Gasteiger partial charge in [0.1, 0.15) is 0 Å². The lowest BCUT2D eigenvalue weighted by atomic mass is 10.1. The maximum absolute atomic E-state index is 4.80. The molecule has 1 fully saturated rings. The molecule has 29 heavy (non-hydrogen) atoms. The van der Waals surface area contributed by atoms with Gasteiger partial charge < -0.3 is 5.32 Å². The van der Waals surface area contributed by atoms with Crippen molar-refractivity contribution >= 4 is 32.8 Å². The summed E-state index contributed by atoms with van der Waals surface area (Å²) in [5.74, 6) is 0. The average molecular weight is 406 g/mol. The highest BCUT2D eigenvalue weighted by Gasteiger charge is 2.17. The number of hydrogen-bond donors (Lipinski definition) is 2. The third-order valence-corrected chi connectivity index (χ3v) is 6.35. The van der Waals surface area contributed by atoms with E-state index in [0.717, 1.165) is 52.3 Å². The summed E-state index contributed by atoms with van der Waals surface area (Å²) in [5, 5.41) is 23.4. The summed E-state index contributed by atoms with van der Waals surface area (Å²) in [6, 6.07) is 2.52. The quantitative estimate of drug-likeness (QED) is 0.469. The number of piperidine rings is 1. The number of H-pyrrole nitrogens is 1. The van der Waals surface area contributed by atoms with Gasteiger partial charge in [-0.15, -0.1) is 16.4 Å². The van der Waals surface area contributed by atoms with E-state index in [1.165, 1.54) is 0 Å². The van der Waals surface area contributed by atoms with Crippen LogP contribution in [-0.4, -0.2) is 58.0 Å². The van der Waals surface area contributed by atoms with Gasteiger partial charge in [0, 0.05) is 16.6 Å². The molecule has 10 nitrogen and oxygen atoms in total. The Bertz CT molecular complexity index is 1260. The minimum absolute atomic E-state index is 0.437. The molecule has 5 aromatic rings. The number of hydrogen-bond acceptors (Lipinski definition) is 8. The van der Waals surface area contributed by atoms with Crippen LogP contribution in [0.3, 0.4) is 0 Å². The number of thiophene rings is 1. The summed E-state index contributed by atoms with van der Waals surface area (Å²) >= 11 is 1.68. The second-order valence-corrected chi connectivity index (χ2v) is 8.37. The molecule has 0 aromatic carbocycles. The van der Waals surface area contributed by atoms with Gasteiger partial charge in [0.15, 0.2) is 5.65 Å². The molecule has 0 saturated carbocycles. The van der Waals surface area contributed by atoms with E-state index >= 15 is 0 Å². The summed E-state index contributed by atoms with van der Waals surface area (Å²) in [6.45, 7) is 2.66. The van der Waals surface area contributed by atoms with Crippen LogP contribution in [0.15, 0.2) is 30.9 Å². The molecular weight excluding hydrogens is 388 g/mol. The first-order valence-corrected chi connectivity index (χ1v) is 10.4. The molecule has 5 aromatic heterocycles. The zero-order valence-corrected chi connectivity index (χ0v) is 16.3. The maximum Gasteiger partial charge on any atom is 0.221 e. The molecule has 0 aliphatic carbocycles. The molecule has 1 saturated heterocycles. The van der Waals surface area contributed by atoms with Crippen LogP contribution in [0.25, 0.3) is 32.8 Å². The lowest BCUT2D eigenvalue weighted by Crippen LogP contribution is -2.29. The zero-order chi connectivity index (χ0) is 19.2. The predicted octanol–water partition coefficient (Wildman–Crippen LogP) is 2.00. The zero-order valence-electron chi connectivity index (χ0n) is 15.5. The molecule has 0 atom stereocenters. The lowest BCUT2D eigenvalue weighted by Gasteiger charge is -2.22. The van der Waals surface area contributed by atoms with Crippen molar-refractivity contribution in [1.29, 1.82) is 0 Å². The Morgan fingerprint density at radius 2 is 2.10 bits per heavy atom. The Labute approximate surface area is 169 Å². The minimum atomic E-state index is 0.437. The summed E-state index contributed by atoms with van der Waals surface area (Å²) in [5.41, 5.74) is 3.99. The first kappa shape index (κ1) is 16.7. The highest BCUT2D eigenvalue weighted by molar-refractivity contribution is 7.19. The van der Waals surface area contributed by atoms with Crippen LogP contribution in [0.4, 0.5) is 0 Å². The molecule has 0 amide bonds. The van der Waals surface area contributed by atoms with Crippen molar-refractivity contribution in [2.75, 3.05) is 13.1 Å². The van der Waals surface area contributed by atoms with E-state index in [0.29, 0.717) is 23.9 Å². The van der Waals surface area contributed by atoms with E-state index in [1.54, 1.807) is 22.2 Å². The number of fused-ring (bicyclic) bond motifs is 2. The van der Waals surface area contributed by atoms with Crippen molar-refractivity contribution in [2.24, 2.45) is 0 Å². The van der Waals surface area contributed by atoms with E-state index in [4.69, 9.17) is 4.98 Å². The molecule has 2 N–H and O–H groups in total. The fraction of sp³-hybridized carbons (Fsp3) is 0.333. The Kier molecular flexibility index (Phi) is 3.87. The maximum atomic E-state index is 4.80. The summed E-state index contributed by atoms with van der Waals surface area (Å²) in [6.07, 6.45) is 9.68. The Balaban J connectivity index is 1.32. The van der Waals surface area contributed by atoms with Crippen molar-refractivity contribution in [3.8, 4) is 11.3 Å². The first-order chi connectivity index (χ1) is 14.3. The van der Waals surface area contributed by atoms with Crippen molar-refractivity contribution in [3.63, 3.8) is 0 Å². The van der Waals surface area contributed by atoms with E-state index in [-0.39, 0.29) is 0 Å². The van der Waals surface area contributed by atoms with Gasteiger partial charge in [-0.3, -0.25) is 9.78 Å². The van der Waals surface area contributed by atoms with Crippen LogP contribution in [-0.2, 0) is 6.54 Å². The normalized spacial score (nSPS) is 15.6. The largest absolute Gasteiger partial charge is 0.317 e. The first-order valence-electron chi connectivity index (χ1n) is 9.57. The third kappa shape index (κ3) is 2.98. The number of aromatic nitrogens is 9. The topological polar surface area (TPSA) is 115 Å². The van der Waals surface area contributed by atoms with E-state index in [2.05, 4.69) is 52.9 Å². The number of rotatable bonds is 4. The van der Waals surface area contributed by atoms with Crippen molar-refractivity contribution in [3.05, 3.63) is 35.7 Å². The third-order valence-electron chi connectivity index (χ3n) is 5.29. The van der Waals surface area contributed by atoms with Crippen LogP contribution in [0.5, 0.6) is 0 Å². The Morgan fingerprint density at radius 1 is 1.17 bits per heavy atom. The van der Waals surface area contributed by atoms with Crippen LogP contribution in [0, 0.1) is 0 Å². The molecule has 0 unspecified atom stereocenters. The molecule has 6 rings (SSSR count). The fourth-order valence-electron chi connectivity index (χ4n) is 3.77. The minimum Gasteiger partial charge on any atom is -0.317 e. The van der Waals surface area contributed by atoms with Crippen LogP contribution < -0.4 is 5.32 Å². The van der Waals surface area contributed by atoms with Crippen LogP contribution in [0.1, 0.15) is 23.8 Å². The van der Waals surface area contributed by atoms with E-state index in [1.807, 2.05) is 12.4 Å². The monoisotopic (exact) mass is 406 g/mol. The molecule has 0 spiro atoms. The van der Waals surface area contributed by atoms with Crippen LogP contribution >= 0.6 is 11.3 Å². The van der Waals surface area contributed by atoms with Gasteiger partial charge >= 0.3 is 0 Å². The van der Waals surface area contributed by atoms with Gasteiger partial charge in [-0.1, -0.05) is 5.21 Å². The number of nitrogens with one attached hydrogen (secondary N) is 2. The van der Waals surface area contributed by atoms with Crippen molar-refractivity contribution < 1.29 is 0 Å². The van der Waals surface area contributed by atoms with Gasteiger partial charge in [0.25, 0.3) is 0 Å². The molecule has 0 radical (unpaired) electrons. The second-order valence-electron chi connectivity index (χ2n) is 7.20. The van der Waals surface area contributed by atoms with Gasteiger partial charge in [-0.25, -0.2) is 14.6 Å². The number of aromatic amines is 1. The Morgan fingerprint density at radius 3 is 3.00 bits per heavy atom. The average Bonchev–Trinajstić information content (AvgIpc) is 3.53. The van der Waals surface area contributed by atoms with Crippen molar-refractivity contribution in [2.45, 2.75) is 25.4 Å². The smallest absolute Gasteiger partial charge is 0.221 e. The van der Waals surface area contributed by atoms with E-state index in [9.17, 15) is 0 Å².